The van der Waals surface area contributed by atoms with E-state index in [0.717, 1.165) is 43.1 Å². The minimum Gasteiger partial charge on any atom is -0.306 e. The Kier molecular flexibility index (Phi) is 4.36. The molecule has 0 aliphatic carbocycles. The van der Waals surface area contributed by atoms with Crippen LogP contribution in [0.3, 0.4) is 0 Å². The van der Waals surface area contributed by atoms with Crippen molar-refractivity contribution in [1.82, 2.24) is 29.6 Å². The van der Waals surface area contributed by atoms with Gasteiger partial charge in [0.1, 0.15) is 5.82 Å². The maximum absolute atomic E-state index is 4.72. The van der Waals surface area contributed by atoms with Gasteiger partial charge < -0.3 is 9.88 Å². The van der Waals surface area contributed by atoms with E-state index in [1.165, 1.54) is 5.56 Å². The van der Waals surface area contributed by atoms with Crippen LogP contribution in [0.5, 0.6) is 0 Å². The van der Waals surface area contributed by atoms with Crippen molar-refractivity contribution >= 4 is 0 Å². The first kappa shape index (κ1) is 16.0. The topological polar surface area (TPSA) is 60.6 Å². The van der Waals surface area contributed by atoms with Crippen LogP contribution in [0.1, 0.15) is 56.0 Å². The number of benzene rings is 1. The van der Waals surface area contributed by atoms with Gasteiger partial charge in [0, 0.05) is 37.1 Å². The quantitative estimate of drug-likeness (QED) is 0.777. The van der Waals surface area contributed by atoms with Crippen molar-refractivity contribution in [3.05, 3.63) is 60.2 Å². The summed E-state index contributed by atoms with van der Waals surface area (Å²) in [5.41, 5.74) is 2.40. The highest BCUT2D eigenvalue weighted by Gasteiger charge is 2.25. The molecule has 0 unspecified atom stereocenters. The molecule has 2 aromatic heterocycles. The molecule has 2 atom stereocenters. The number of rotatable bonds is 5. The number of nitrogens with one attached hydrogen (secondary N) is 1. The molecule has 4 rings (SSSR count). The monoisotopic (exact) mass is 336 g/mol. The Hall–Kier alpha value is -2.47. The molecule has 6 nitrogen and oxygen atoms in total. The molecule has 0 amide bonds. The average molecular weight is 336 g/mol. The van der Waals surface area contributed by atoms with E-state index in [-0.39, 0.29) is 12.1 Å². The molecular formula is C19H24N6. The fourth-order valence-corrected chi connectivity index (χ4v) is 3.45. The van der Waals surface area contributed by atoms with Crippen LogP contribution in [-0.2, 0) is 13.0 Å². The maximum atomic E-state index is 4.72. The van der Waals surface area contributed by atoms with E-state index in [9.17, 15) is 0 Å². The van der Waals surface area contributed by atoms with Gasteiger partial charge in [0.2, 0.25) is 0 Å². The van der Waals surface area contributed by atoms with Crippen LogP contribution in [0.2, 0.25) is 0 Å². The van der Waals surface area contributed by atoms with Gasteiger partial charge in [0.25, 0.3) is 0 Å². The van der Waals surface area contributed by atoms with Gasteiger partial charge in [0.05, 0.1) is 12.4 Å². The molecule has 6 heteroatoms. The Morgan fingerprint density at radius 2 is 2.12 bits per heavy atom. The highest BCUT2D eigenvalue weighted by molar-refractivity contribution is 5.35. The Morgan fingerprint density at radius 3 is 2.84 bits per heavy atom. The fourth-order valence-electron chi connectivity index (χ4n) is 3.45. The minimum atomic E-state index is 0.259. The molecule has 0 radical (unpaired) electrons. The van der Waals surface area contributed by atoms with Gasteiger partial charge in [0.15, 0.2) is 5.82 Å². The van der Waals surface area contributed by atoms with Gasteiger partial charge in [-0.05, 0) is 37.5 Å². The number of hydrogen-bond donors (Lipinski definition) is 1. The van der Waals surface area contributed by atoms with E-state index in [4.69, 9.17) is 4.98 Å². The van der Waals surface area contributed by atoms with Crippen LogP contribution < -0.4 is 5.32 Å². The van der Waals surface area contributed by atoms with E-state index in [1.807, 2.05) is 17.1 Å². The van der Waals surface area contributed by atoms with Gasteiger partial charge in [-0.3, -0.25) is 0 Å². The van der Waals surface area contributed by atoms with Crippen LogP contribution in [-0.4, -0.2) is 24.3 Å². The number of aryl methyl sites for hydroxylation is 2. The van der Waals surface area contributed by atoms with Crippen molar-refractivity contribution in [1.29, 1.82) is 0 Å². The molecule has 1 aliphatic rings. The fraction of sp³-hybridized carbons (Fsp3) is 0.421. The summed E-state index contributed by atoms with van der Waals surface area (Å²) in [5.74, 6) is 2.03. The summed E-state index contributed by atoms with van der Waals surface area (Å²) >= 11 is 0. The molecule has 3 heterocycles. The van der Waals surface area contributed by atoms with Crippen molar-refractivity contribution in [2.75, 3.05) is 0 Å². The number of fused-ring (bicyclic) bond motifs is 1. The SMILES string of the molecule is CCc1nc2n(n1)CCC[C@H]2N[C@@H](C)c1ccc(-n2ccnc2)cc1. The van der Waals surface area contributed by atoms with E-state index in [2.05, 4.69) is 58.2 Å². The lowest BCUT2D eigenvalue weighted by molar-refractivity contribution is 0.344. The minimum absolute atomic E-state index is 0.259. The molecule has 25 heavy (non-hydrogen) atoms. The van der Waals surface area contributed by atoms with Crippen LogP contribution >= 0.6 is 0 Å². The predicted octanol–water partition coefficient (Wildman–Crippen LogP) is 3.21. The second-order valence-corrected chi connectivity index (χ2v) is 6.61. The average Bonchev–Trinajstić information content (AvgIpc) is 3.32. The zero-order valence-electron chi connectivity index (χ0n) is 14.8. The first-order valence-corrected chi connectivity index (χ1v) is 9.02. The lowest BCUT2D eigenvalue weighted by atomic mass is 10.0. The van der Waals surface area contributed by atoms with Crippen molar-refractivity contribution in [3.63, 3.8) is 0 Å². The van der Waals surface area contributed by atoms with Crippen LogP contribution in [0.25, 0.3) is 5.69 Å². The van der Waals surface area contributed by atoms with E-state index < -0.39 is 0 Å². The molecule has 0 fully saturated rings. The van der Waals surface area contributed by atoms with E-state index >= 15 is 0 Å². The van der Waals surface area contributed by atoms with Gasteiger partial charge >= 0.3 is 0 Å². The lowest BCUT2D eigenvalue weighted by Gasteiger charge is -2.26. The van der Waals surface area contributed by atoms with Crippen LogP contribution in [0.4, 0.5) is 0 Å². The molecule has 1 aromatic carbocycles. The van der Waals surface area contributed by atoms with Crippen molar-refractivity contribution in [2.45, 2.75) is 51.7 Å². The predicted molar refractivity (Wildman–Crippen MR) is 96.5 cm³/mol. The van der Waals surface area contributed by atoms with Crippen molar-refractivity contribution in [2.24, 2.45) is 0 Å². The summed E-state index contributed by atoms with van der Waals surface area (Å²) in [6.07, 6.45) is 8.70. The van der Waals surface area contributed by atoms with Crippen LogP contribution in [0.15, 0.2) is 43.0 Å². The lowest BCUT2D eigenvalue weighted by Crippen LogP contribution is -2.30. The Bertz CT molecular complexity index is 818. The molecule has 0 saturated heterocycles. The second-order valence-electron chi connectivity index (χ2n) is 6.61. The smallest absolute Gasteiger partial charge is 0.150 e. The third-order valence-corrected chi connectivity index (χ3v) is 4.88. The maximum Gasteiger partial charge on any atom is 0.150 e. The first-order chi connectivity index (χ1) is 12.2. The number of aromatic nitrogens is 5. The number of hydrogen-bond acceptors (Lipinski definition) is 4. The van der Waals surface area contributed by atoms with Gasteiger partial charge in [-0.2, -0.15) is 5.10 Å². The Labute approximate surface area is 147 Å². The third-order valence-electron chi connectivity index (χ3n) is 4.88. The van der Waals surface area contributed by atoms with Crippen molar-refractivity contribution in [3.8, 4) is 5.69 Å². The van der Waals surface area contributed by atoms with Gasteiger partial charge in [-0.1, -0.05) is 19.1 Å². The standard InChI is InChI=1S/C19H24N6/c1-3-18-22-19-17(5-4-11-25(19)23-18)21-14(2)15-6-8-16(9-7-15)24-12-10-20-13-24/h6-10,12-14,17,21H,3-5,11H2,1-2H3/t14-,17+/m0/s1. The first-order valence-electron chi connectivity index (χ1n) is 9.02. The largest absolute Gasteiger partial charge is 0.306 e. The highest BCUT2D eigenvalue weighted by atomic mass is 15.4. The summed E-state index contributed by atoms with van der Waals surface area (Å²) in [6, 6.07) is 9.15. The van der Waals surface area contributed by atoms with Gasteiger partial charge in [-0.25, -0.2) is 14.6 Å². The second kappa shape index (κ2) is 6.80. The molecule has 0 saturated carbocycles. The van der Waals surface area contributed by atoms with Crippen LogP contribution in [0, 0.1) is 0 Å². The summed E-state index contributed by atoms with van der Waals surface area (Å²) in [5, 5.41) is 8.34. The third kappa shape index (κ3) is 3.22. The normalized spacial score (nSPS) is 18.1. The zero-order chi connectivity index (χ0) is 17.2. The van der Waals surface area contributed by atoms with E-state index in [0.29, 0.717) is 0 Å². The Morgan fingerprint density at radius 1 is 1.28 bits per heavy atom. The Balaban J connectivity index is 1.49. The van der Waals surface area contributed by atoms with Gasteiger partial charge in [-0.15, -0.1) is 0 Å². The molecule has 0 spiro atoms. The molecule has 3 aromatic rings. The summed E-state index contributed by atoms with van der Waals surface area (Å²) < 4.78 is 4.09. The molecule has 1 aliphatic heterocycles. The van der Waals surface area contributed by atoms with Crippen molar-refractivity contribution < 1.29 is 0 Å². The number of imidazole rings is 1. The van der Waals surface area contributed by atoms with E-state index in [1.54, 1.807) is 6.20 Å². The molecule has 1 N–H and O–H groups in total. The summed E-state index contributed by atoms with van der Waals surface area (Å²) in [6.45, 7) is 5.30. The highest BCUT2D eigenvalue weighted by Crippen LogP contribution is 2.27. The zero-order valence-corrected chi connectivity index (χ0v) is 14.8. The number of nitrogens with zero attached hydrogens (tertiary/aromatic N) is 5. The summed E-state index contributed by atoms with van der Waals surface area (Å²) in [7, 11) is 0. The molecule has 130 valence electrons. The molecule has 0 bridgehead atoms. The summed E-state index contributed by atoms with van der Waals surface area (Å²) in [4.78, 5) is 8.82. The molecular weight excluding hydrogens is 312 g/mol.